The molecule has 0 fully saturated rings. The van der Waals surface area contributed by atoms with E-state index in [-0.39, 0.29) is 12.5 Å². The van der Waals surface area contributed by atoms with E-state index in [0.29, 0.717) is 18.7 Å². The van der Waals surface area contributed by atoms with Gasteiger partial charge in [-0.15, -0.1) is 12.6 Å². The van der Waals surface area contributed by atoms with Gasteiger partial charge in [0.05, 0.1) is 6.61 Å². The number of amides is 1. The minimum absolute atomic E-state index is 0.00969. The average Bonchev–Trinajstić information content (AvgIpc) is 2.26. The second-order valence-electron chi connectivity index (χ2n) is 3.16. The number of aliphatic hydroxyl groups is 1. The zero-order chi connectivity index (χ0) is 11.3. The summed E-state index contributed by atoms with van der Waals surface area (Å²) in [6.07, 6.45) is 0. The summed E-state index contributed by atoms with van der Waals surface area (Å²) in [6.45, 7) is 2.85. The van der Waals surface area contributed by atoms with Gasteiger partial charge in [-0.2, -0.15) is 0 Å². The van der Waals surface area contributed by atoms with Crippen LogP contribution in [0.25, 0.3) is 0 Å². The smallest absolute Gasteiger partial charge is 0.253 e. The van der Waals surface area contributed by atoms with Crippen LogP contribution in [0.4, 0.5) is 0 Å². The Labute approximate surface area is 95.1 Å². The summed E-state index contributed by atoms with van der Waals surface area (Å²) in [7, 11) is 0. The summed E-state index contributed by atoms with van der Waals surface area (Å²) < 4.78 is 0. The van der Waals surface area contributed by atoms with E-state index in [1.54, 1.807) is 29.2 Å². The van der Waals surface area contributed by atoms with E-state index in [0.717, 1.165) is 4.90 Å². The number of nitrogens with zero attached hydrogens (tertiary/aromatic N) is 1. The van der Waals surface area contributed by atoms with Crippen LogP contribution < -0.4 is 0 Å². The Morgan fingerprint density at radius 3 is 2.47 bits per heavy atom. The Bertz CT molecular complexity index is 324. The molecule has 1 amide bonds. The van der Waals surface area contributed by atoms with Crippen molar-refractivity contribution in [1.29, 1.82) is 0 Å². The SMILES string of the molecule is CCN(CCO)C(=O)c1ccc(S)cc1. The van der Waals surface area contributed by atoms with Gasteiger partial charge in [0.2, 0.25) is 0 Å². The molecule has 0 unspecified atom stereocenters. The van der Waals surface area contributed by atoms with Crippen molar-refractivity contribution in [3.8, 4) is 0 Å². The Hall–Kier alpha value is -1.00. The van der Waals surface area contributed by atoms with Crippen molar-refractivity contribution in [2.75, 3.05) is 19.7 Å². The predicted molar refractivity (Wildman–Crippen MR) is 62.4 cm³/mol. The molecule has 0 aliphatic carbocycles. The standard InChI is InChI=1S/C11H15NO2S/c1-2-12(7-8-13)11(14)9-3-5-10(15)6-4-9/h3-6,13,15H,2,7-8H2,1H3. The second kappa shape index (κ2) is 5.78. The summed E-state index contributed by atoms with van der Waals surface area (Å²) in [5.74, 6) is -0.0557. The molecule has 0 saturated heterocycles. The average molecular weight is 225 g/mol. The van der Waals surface area contributed by atoms with Crippen molar-refractivity contribution in [3.05, 3.63) is 29.8 Å². The van der Waals surface area contributed by atoms with Crippen molar-refractivity contribution in [2.24, 2.45) is 0 Å². The molecule has 0 aliphatic rings. The lowest BCUT2D eigenvalue weighted by molar-refractivity contribution is 0.0732. The van der Waals surface area contributed by atoms with Gasteiger partial charge in [0.1, 0.15) is 0 Å². The molecule has 4 heteroatoms. The van der Waals surface area contributed by atoms with E-state index >= 15 is 0 Å². The van der Waals surface area contributed by atoms with Gasteiger partial charge >= 0.3 is 0 Å². The van der Waals surface area contributed by atoms with Crippen LogP contribution in [0.3, 0.4) is 0 Å². The highest BCUT2D eigenvalue weighted by Gasteiger charge is 2.12. The summed E-state index contributed by atoms with van der Waals surface area (Å²) in [4.78, 5) is 14.3. The van der Waals surface area contributed by atoms with Gasteiger partial charge in [-0.1, -0.05) is 0 Å². The molecule has 1 rings (SSSR count). The summed E-state index contributed by atoms with van der Waals surface area (Å²) in [5, 5.41) is 8.80. The number of carbonyl (C=O) groups is 1. The highest BCUT2D eigenvalue weighted by atomic mass is 32.1. The van der Waals surface area contributed by atoms with Crippen molar-refractivity contribution in [2.45, 2.75) is 11.8 Å². The van der Waals surface area contributed by atoms with Gasteiger partial charge < -0.3 is 10.0 Å². The number of likely N-dealkylation sites (N-methyl/N-ethyl adjacent to an activating group) is 1. The van der Waals surface area contributed by atoms with Gasteiger partial charge in [0.25, 0.3) is 5.91 Å². The van der Waals surface area contributed by atoms with Crippen LogP contribution in [0.15, 0.2) is 29.2 Å². The molecule has 0 heterocycles. The molecule has 0 aromatic heterocycles. The van der Waals surface area contributed by atoms with E-state index in [4.69, 9.17) is 5.11 Å². The van der Waals surface area contributed by atoms with Gasteiger partial charge in [0, 0.05) is 23.5 Å². The molecule has 0 radical (unpaired) electrons. The molecular weight excluding hydrogens is 210 g/mol. The van der Waals surface area contributed by atoms with Crippen LogP contribution in [-0.4, -0.2) is 35.6 Å². The molecule has 0 spiro atoms. The van der Waals surface area contributed by atoms with Gasteiger partial charge in [-0.3, -0.25) is 4.79 Å². The number of benzene rings is 1. The maximum absolute atomic E-state index is 11.9. The second-order valence-corrected chi connectivity index (χ2v) is 3.67. The molecule has 0 atom stereocenters. The highest BCUT2D eigenvalue weighted by molar-refractivity contribution is 7.80. The van der Waals surface area contributed by atoms with E-state index < -0.39 is 0 Å². The molecule has 82 valence electrons. The first-order chi connectivity index (χ1) is 7.19. The molecule has 3 nitrogen and oxygen atoms in total. The quantitative estimate of drug-likeness (QED) is 0.761. The third-order valence-corrected chi connectivity index (χ3v) is 2.45. The van der Waals surface area contributed by atoms with Crippen molar-refractivity contribution >= 4 is 18.5 Å². The highest BCUT2D eigenvalue weighted by Crippen LogP contribution is 2.10. The minimum Gasteiger partial charge on any atom is -0.395 e. The topological polar surface area (TPSA) is 40.5 Å². The van der Waals surface area contributed by atoms with Crippen LogP contribution in [0, 0.1) is 0 Å². The number of hydrogen-bond acceptors (Lipinski definition) is 3. The fourth-order valence-corrected chi connectivity index (χ4v) is 1.46. The monoisotopic (exact) mass is 225 g/mol. The number of aliphatic hydroxyl groups excluding tert-OH is 1. The third kappa shape index (κ3) is 3.25. The zero-order valence-electron chi connectivity index (χ0n) is 8.68. The van der Waals surface area contributed by atoms with Gasteiger partial charge in [-0.25, -0.2) is 0 Å². The molecular formula is C11H15NO2S. The van der Waals surface area contributed by atoms with Crippen LogP contribution in [0.2, 0.25) is 0 Å². The molecule has 1 aromatic rings. The zero-order valence-corrected chi connectivity index (χ0v) is 9.58. The molecule has 0 aliphatic heterocycles. The number of thiol groups is 1. The third-order valence-electron chi connectivity index (χ3n) is 2.15. The lowest BCUT2D eigenvalue weighted by Crippen LogP contribution is -2.33. The number of hydrogen-bond donors (Lipinski definition) is 2. The molecule has 1 aromatic carbocycles. The molecule has 0 bridgehead atoms. The predicted octanol–water partition coefficient (Wildman–Crippen LogP) is 1.43. The fraction of sp³-hybridized carbons (Fsp3) is 0.364. The molecule has 0 saturated carbocycles. The first-order valence-electron chi connectivity index (χ1n) is 4.88. The van der Waals surface area contributed by atoms with Crippen LogP contribution >= 0.6 is 12.6 Å². The summed E-state index contributed by atoms with van der Waals surface area (Å²) >= 11 is 4.15. The lowest BCUT2D eigenvalue weighted by atomic mass is 10.2. The van der Waals surface area contributed by atoms with Crippen molar-refractivity contribution in [3.63, 3.8) is 0 Å². The number of rotatable bonds is 4. The lowest BCUT2D eigenvalue weighted by Gasteiger charge is -2.19. The largest absolute Gasteiger partial charge is 0.395 e. The van der Waals surface area contributed by atoms with E-state index in [1.165, 1.54) is 0 Å². The Balaban J connectivity index is 2.78. The minimum atomic E-state index is -0.0557. The Morgan fingerprint density at radius 1 is 1.40 bits per heavy atom. The van der Waals surface area contributed by atoms with Crippen molar-refractivity contribution < 1.29 is 9.90 Å². The Morgan fingerprint density at radius 2 is 2.00 bits per heavy atom. The first kappa shape index (κ1) is 12.1. The van der Waals surface area contributed by atoms with Gasteiger partial charge in [0.15, 0.2) is 0 Å². The summed E-state index contributed by atoms with van der Waals surface area (Å²) in [5.41, 5.74) is 0.628. The maximum Gasteiger partial charge on any atom is 0.253 e. The molecule has 15 heavy (non-hydrogen) atoms. The molecule has 1 N–H and O–H groups in total. The maximum atomic E-state index is 11.9. The first-order valence-corrected chi connectivity index (χ1v) is 5.33. The number of carbonyl (C=O) groups excluding carboxylic acids is 1. The Kier molecular flexibility index (Phi) is 4.65. The fourth-order valence-electron chi connectivity index (χ4n) is 1.31. The summed E-state index contributed by atoms with van der Waals surface area (Å²) in [6, 6.07) is 7.04. The van der Waals surface area contributed by atoms with E-state index in [1.807, 2.05) is 6.92 Å². The van der Waals surface area contributed by atoms with E-state index in [9.17, 15) is 4.79 Å². The van der Waals surface area contributed by atoms with Crippen LogP contribution in [0.1, 0.15) is 17.3 Å². The normalized spacial score (nSPS) is 10.1. The van der Waals surface area contributed by atoms with Crippen molar-refractivity contribution in [1.82, 2.24) is 4.90 Å². The van der Waals surface area contributed by atoms with Gasteiger partial charge in [-0.05, 0) is 31.2 Å². The van der Waals surface area contributed by atoms with Crippen LogP contribution in [-0.2, 0) is 0 Å². The van der Waals surface area contributed by atoms with Crippen LogP contribution in [0.5, 0.6) is 0 Å². The van der Waals surface area contributed by atoms with E-state index in [2.05, 4.69) is 12.6 Å².